The zero-order valence-electron chi connectivity index (χ0n) is 10.6. The second-order valence-corrected chi connectivity index (χ2v) is 5.06. The van der Waals surface area contributed by atoms with E-state index in [9.17, 15) is 17.6 Å². The summed E-state index contributed by atoms with van der Waals surface area (Å²) in [6.07, 6.45) is 1.80. The Labute approximate surface area is 109 Å². The maximum atomic E-state index is 13.1. The highest BCUT2D eigenvalue weighted by molar-refractivity contribution is 5.07. The van der Waals surface area contributed by atoms with Crippen LogP contribution in [0.4, 0.5) is 17.6 Å². The van der Waals surface area contributed by atoms with Crippen molar-refractivity contribution >= 4 is 0 Å². The van der Waals surface area contributed by atoms with Crippen molar-refractivity contribution in [3.63, 3.8) is 0 Å². The van der Waals surface area contributed by atoms with E-state index in [1.165, 1.54) is 12.5 Å². The van der Waals surface area contributed by atoms with Crippen LogP contribution < -0.4 is 5.32 Å². The number of nitrogens with zero attached hydrogens (tertiary/aromatic N) is 2. The Morgan fingerprint density at radius 3 is 2.84 bits per heavy atom. The van der Waals surface area contributed by atoms with Gasteiger partial charge in [-0.2, -0.15) is 8.78 Å². The van der Waals surface area contributed by atoms with Crippen molar-refractivity contribution in [2.75, 3.05) is 0 Å². The molecule has 1 N–H and O–H groups in total. The number of imidazole rings is 1. The van der Waals surface area contributed by atoms with E-state index >= 15 is 0 Å². The van der Waals surface area contributed by atoms with Crippen LogP contribution in [0.1, 0.15) is 37.9 Å². The molecule has 1 aromatic heterocycles. The minimum atomic E-state index is -4.03. The van der Waals surface area contributed by atoms with Crippen LogP contribution in [-0.2, 0) is 6.54 Å². The molecule has 0 aliphatic carbocycles. The molecular formula is C12H17F4N3. The van der Waals surface area contributed by atoms with Crippen LogP contribution >= 0.6 is 0 Å². The maximum absolute atomic E-state index is 13.1. The molecule has 2 unspecified atom stereocenters. The lowest BCUT2D eigenvalue weighted by atomic mass is 9.97. The number of aromatic nitrogens is 2. The number of halogens is 4. The zero-order chi connectivity index (χ0) is 14.0. The topological polar surface area (TPSA) is 29.9 Å². The molecule has 0 bridgehead atoms. The number of hydrogen-bond donors (Lipinski definition) is 1. The van der Waals surface area contributed by atoms with Gasteiger partial charge in [0, 0.05) is 18.3 Å². The number of rotatable bonds is 4. The average molecular weight is 279 g/mol. The third-order valence-electron chi connectivity index (χ3n) is 3.42. The highest BCUT2D eigenvalue weighted by Gasteiger charge is 2.41. The molecule has 3 nitrogen and oxygen atoms in total. The lowest BCUT2D eigenvalue weighted by molar-refractivity contribution is -0.138. The fourth-order valence-electron chi connectivity index (χ4n) is 2.42. The summed E-state index contributed by atoms with van der Waals surface area (Å²) in [7, 11) is 0. The molecule has 1 aromatic rings. The Balaban J connectivity index is 2.13. The second kappa shape index (κ2) is 5.48. The molecule has 1 aliphatic rings. The van der Waals surface area contributed by atoms with Crippen molar-refractivity contribution in [2.24, 2.45) is 0 Å². The van der Waals surface area contributed by atoms with Crippen LogP contribution in [0.2, 0.25) is 0 Å². The van der Waals surface area contributed by atoms with Gasteiger partial charge in [0.1, 0.15) is 0 Å². The van der Waals surface area contributed by atoms with E-state index in [-0.39, 0.29) is 12.1 Å². The van der Waals surface area contributed by atoms with Crippen molar-refractivity contribution < 1.29 is 17.6 Å². The lowest BCUT2D eigenvalue weighted by Gasteiger charge is -2.30. The van der Waals surface area contributed by atoms with Crippen molar-refractivity contribution in [3.8, 4) is 0 Å². The molecule has 2 atom stereocenters. The minimum Gasteiger partial charge on any atom is -0.327 e. The summed E-state index contributed by atoms with van der Waals surface area (Å²) in [5.41, 5.74) is 0.548. The van der Waals surface area contributed by atoms with E-state index < -0.39 is 18.9 Å². The first-order chi connectivity index (χ1) is 8.90. The lowest BCUT2D eigenvalue weighted by Crippen LogP contribution is -2.37. The van der Waals surface area contributed by atoms with Crippen LogP contribution in [0.5, 0.6) is 0 Å². The van der Waals surface area contributed by atoms with E-state index in [1.54, 1.807) is 0 Å². The van der Waals surface area contributed by atoms with Gasteiger partial charge >= 0.3 is 12.3 Å². The van der Waals surface area contributed by atoms with Crippen molar-refractivity contribution in [2.45, 2.75) is 57.2 Å². The molecule has 1 saturated heterocycles. The largest absolute Gasteiger partial charge is 0.327 e. The van der Waals surface area contributed by atoms with Gasteiger partial charge in [-0.25, -0.2) is 13.8 Å². The minimum absolute atomic E-state index is 0.0975. The van der Waals surface area contributed by atoms with Gasteiger partial charge in [0.05, 0.1) is 18.6 Å². The summed E-state index contributed by atoms with van der Waals surface area (Å²) < 4.78 is 51.8. The molecule has 0 spiro atoms. The monoisotopic (exact) mass is 279 g/mol. The smallest absolute Gasteiger partial charge is 0.324 e. The predicted octanol–water partition coefficient (Wildman–Crippen LogP) is 2.99. The number of nitrogens with one attached hydrogen (secondary N) is 1. The summed E-state index contributed by atoms with van der Waals surface area (Å²) in [5.74, 6) is -4.03. The van der Waals surface area contributed by atoms with Crippen LogP contribution in [0.3, 0.4) is 0 Å². The van der Waals surface area contributed by atoms with Crippen molar-refractivity contribution in [1.29, 1.82) is 0 Å². The van der Waals surface area contributed by atoms with Gasteiger partial charge in [-0.15, -0.1) is 0 Å². The van der Waals surface area contributed by atoms with Crippen molar-refractivity contribution in [3.05, 3.63) is 18.2 Å². The molecule has 0 radical (unpaired) electrons. The van der Waals surface area contributed by atoms with E-state index in [2.05, 4.69) is 10.3 Å². The predicted molar refractivity (Wildman–Crippen MR) is 62.4 cm³/mol. The van der Waals surface area contributed by atoms with Gasteiger partial charge in [-0.3, -0.25) is 0 Å². The van der Waals surface area contributed by atoms with Crippen LogP contribution in [0, 0.1) is 0 Å². The Morgan fingerprint density at radius 1 is 1.47 bits per heavy atom. The van der Waals surface area contributed by atoms with E-state index in [0.29, 0.717) is 5.69 Å². The summed E-state index contributed by atoms with van der Waals surface area (Å²) in [6, 6.07) is 0.192. The van der Waals surface area contributed by atoms with Gasteiger partial charge < -0.3 is 9.88 Å². The number of alkyl halides is 4. The zero-order valence-corrected chi connectivity index (χ0v) is 10.6. The molecule has 7 heteroatoms. The summed E-state index contributed by atoms with van der Waals surface area (Å²) in [6.45, 7) is 0.979. The first-order valence-corrected chi connectivity index (χ1v) is 6.32. The van der Waals surface area contributed by atoms with Gasteiger partial charge in [-0.1, -0.05) is 0 Å². The molecule has 0 aromatic carbocycles. The summed E-state index contributed by atoms with van der Waals surface area (Å²) >= 11 is 0. The SMILES string of the molecule is CC1CCCC(c2cncn2CC(F)(F)C(F)F)N1. The fourth-order valence-corrected chi connectivity index (χ4v) is 2.42. The molecule has 108 valence electrons. The van der Waals surface area contributed by atoms with Gasteiger partial charge in [0.25, 0.3) is 0 Å². The normalized spacial score (nSPS) is 24.9. The van der Waals surface area contributed by atoms with Crippen molar-refractivity contribution in [1.82, 2.24) is 14.9 Å². The van der Waals surface area contributed by atoms with Gasteiger partial charge in [0.2, 0.25) is 0 Å². The molecule has 19 heavy (non-hydrogen) atoms. The standard InChI is InChI=1S/C12H17F4N3/c1-8-3-2-4-9(18-8)10-5-17-7-19(10)6-12(15,16)11(13)14/h5,7-9,11,18H,2-4,6H2,1H3. The maximum Gasteiger partial charge on any atom is 0.324 e. The summed E-state index contributed by atoms with van der Waals surface area (Å²) in [5, 5.41) is 3.28. The molecule has 1 aliphatic heterocycles. The average Bonchev–Trinajstić information content (AvgIpc) is 2.76. The Kier molecular flexibility index (Phi) is 4.13. The Hall–Kier alpha value is -1.11. The summed E-state index contributed by atoms with van der Waals surface area (Å²) in [4.78, 5) is 3.81. The molecule has 0 saturated carbocycles. The van der Waals surface area contributed by atoms with Crippen LogP contribution in [0.15, 0.2) is 12.5 Å². The third-order valence-corrected chi connectivity index (χ3v) is 3.42. The Morgan fingerprint density at radius 2 is 2.21 bits per heavy atom. The Bertz CT molecular complexity index is 419. The number of piperidine rings is 1. The quantitative estimate of drug-likeness (QED) is 0.859. The highest BCUT2D eigenvalue weighted by Crippen LogP contribution is 2.29. The second-order valence-electron chi connectivity index (χ2n) is 5.06. The van der Waals surface area contributed by atoms with Gasteiger partial charge in [-0.05, 0) is 26.2 Å². The molecular weight excluding hydrogens is 262 g/mol. The van der Waals surface area contributed by atoms with E-state index in [0.717, 1.165) is 23.8 Å². The van der Waals surface area contributed by atoms with E-state index in [4.69, 9.17) is 0 Å². The van der Waals surface area contributed by atoms with Crippen LogP contribution in [0.25, 0.3) is 0 Å². The van der Waals surface area contributed by atoms with Crippen LogP contribution in [-0.4, -0.2) is 27.9 Å². The first kappa shape index (κ1) is 14.3. The molecule has 2 rings (SSSR count). The van der Waals surface area contributed by atoms with Gasteiger partial charge in [0.15, 0.2) is 0 Å². The highest BCUT2D eigenvalue weighted by atomic mass is 19.3. The molecule has 2 heterocycles. The first-order valence-electron chi connectivity index (χ1n) is 6.32. The third kappa shape index (κ3) is 3.26. The number of hydrogen-bond acceptors (Lipinski definition) is 2. The van der Waals surface area contributed by atoms with E-state index in [1.807, 2.05) is 6.92 Å². The molecule has 0 amide bonds. The fraction of sp³-hybridized carbons (Fsp3) is 0.750. The molecule has 1 fully saturated rings.